The van der Waals surface area contributed by atoms with E-state index in [-0.39, 0.29) is 11.7 Å². The normalized spacial score (nSPS) is 11.5. The largest absolute Gasteiger partial charge is 0.414 e. The Hall–Kier alpha value is -3.58. The van der Waals surface area contributed by atoms with Crippen molar-refractivity contribution in [1.82, 2.24) is 20.2 Å². The number of nitrogens with two attached hydrogens (primary N) is 1. The third-order valence-corrected chi connectivity index (χ3v) is 4.34. The lowest BCUT2D eigenvalue weighted by Gasteiger charge is -2.17. The monoisotopic (exact) mass is 373 g/mol. The molecular formula is C21H19N5O2. The van der Waals surface area contributed by atoms with E-state index in [1.807, 2.05) is 54.6 Å². The second-order valence-electron chi connectivity index (χ2n) is 6.90. The zero-order chi connectivity index (χ0) is 19.7. The smallest absolute Gasteiger partial charge is 0.270 e. The van der Waals surface area contributed by atoms with Gasteiger partial charge in [-0.1, -0.05) is 42.5 Å². The molecule has 7 heteroatoms. The van der Waals surface area contributed by atoms with Crippen LogP contribution in [0.25, 0.3) is 34.3 Å². The number of aromatic nitrogens is 4. The molecule has 28 heavy (non-hydrogen) atoms. The van der Waals surface area contributed by atoms with Crippen molar-refractivity contribution in [2.75, 3.05) is 5.73 Å². The molecule has 140 valence electrons. The number of aliphatic hydroxyl groups is 1. The SMILES string of the molecule is CC(C)(O)c1ccc(-c2cnc(N)c(-c3nnc(-c4ccccc4)o3)n2)cc1. The number of hydrogen-bond acceptors (Lipinski definition) is 7. The first-order valence-corrected chi connectivity index (χ1v) is 8.77. The van der Waals surface area contributed by atoms with Crippen molar-refractivity contribution in [3.8, 4) is 34.3 Å². The molecule has 2 heterocycles. The molecule has 7 nitrogen and oxygen atoms in total. The fraction of sp³-hybridized carbons (Fsp3) is 0.143. The van der Waals surface area contributed by atoms with Gasteiger partial charge in [-0.15, -0.1) is 10.2 Å². The molecule has 3 N–H and O–H groups in total. The van der Waals surface area contributed by atoms with E-state index in [0.29, 0.717) is 17.3 Å². The summed E-state index contributed by atoms with van der Waals surface area (Å²) >= 11 is 0. The Morgan fingerprint density at radius 1 is 0.893 bits per heavy atom. The van der Waals surface area contributed by atoms with Crippen molar-refractivity contribution < 1.29 is 9.52 Å². The van der Waals surface area contributed by atoms with Gasteiger partial charge in [-0.25, -0.2) is 9.97 Å². The molecule has 0 aliphatic carbocycles. The van der Waals surface area contributed by atoms with E-state index in [2.05, 4.69) is 20.2 Å². The van der Waals surface area contributed by atoms with Crippen molar-refractivity contribution >= 4 is 5.82 Å². The first-order chi connectivity index (χ1) is 13.4. The third kappa shape index (κ3) is 3.47. The molecule has 0 saturated carbocycles. The summed E-state index contributed by atoms with van der Waals surface area (Å²) in [4.78, 5) is 8.79. The van der Waals surface area contributed by atoms with Gasteiger partial charge >= 0.3 is 0 Å². The van der Waals surface area contributed by atoms with E-state index in [0.717, 1.165) is 16.7 Å². The zero-order valence-corrected chi connectivity index (χ0v) is 15.5. The van der Waals surface area contributed by atoms with Gasteiger partial charge in [-0.3, -0.25) is 0 Å². The van der Waals surface area contributed by atoms with Crippen LogP contribution in [0, 0.1) is 0 Å². The van der Waals surface area contributed by atoms with E-state index in [9.17, 15) is 5.11 Å². The van der Waals surface area contributed by atoms with Crippen LogP contribution >= 0.6 is 0 Å². The van der Waals surface area contributed by atoms with Crippen molar-refractivity contribution in [2.45, 2.75) is 19.4 Å². The summed E-state index contributed by atoms with van der Waals surface area (Å²) in [6, 6.07) is 16.9. The quantitative estimate of drug-likeness (QED) is 0.561. The lowest BCUT2D eigenvalue weighted by molar-refractivity contribution is 0.0786. The van der Waals surface area contributed by atoms with Crippen LogP contribution in [0.3, 0.4) is 0 Å². The summed E-state index contributed by atoms with van der Waals surface area (Å²) in [5.74, 6) is 0.802. The zero-order valence-electron chi connectivity index (χ0n) is 15.5. The molecule has 0 spiro atoms. The van der Waals surface area contributed by atoms with Crippen LogP contribution in [-0.4, -0.2) is 25.3 Å². The van der Waals surface area contributed by atoms with Crippen LogP contribution in [0.2, 0.25) is 0 Å². The molecule has 0 radical (unpaired) electrons. The highest BCUT2D eigenvalue weighted by molar-refractivity contribution is 5.68. The van der Waals surface area contributed by atoms with Crippen LogP contribution in [0.5, 0.6) is 0 Å². The number of anilines is 1. The van der Waals surface area contributed by atoms with Gasteiger partial charge in [0.25, 0.3) is 5.89 Å². The maximum Gasteiger partial charge on any atom is 0.270 e. The van der Waals surface area contributed by atoms with Gasteiger partial charge in [0, 0.05) is 11.1 Å². The average Bonchev–Trinajstić information content (AvgIpc) is 3.18. The second kappa shape index (κ2) is 6.86. The van der Waals surface area contributed by atoms with Crippen molar-refractivity contribution in [2.24, 2.45) is 0 Å². The van der Waals surface area contributed by atoms with Crippen LogP contribution in [-0.2, 0) is 5.60 Å². The third-order valence-electron chi connectivity index (χ3n) is 4.34. The van der Waals surface area contributed by atoms with Gasteiger partial charge in [0.15, 0.2) is 11.5 Å². The van der Waals surface area contributed by atoms with Crippen LogP contribution < -0.4 is 5.73 Å². The van der Waals surface area contributed by atoms with E-state index in [4.69, 9.17) is 10.2 Å². The second-order valence-corrected chi connectivity index (χ2v) is 6.90. The van der Waals surface area contributed by atoms with Crippen LogP contribution in [0.1, 0.15) is 19.4 Å². The highest BCUT2D eigenvalue weighted by atomic mass is 16.4. The molecule has 0 aliphatic heterocycles. The van der Waals surface area contributed by atoms with Crippen molar-refractivity contribution in [3.63, 3.8) is 0 Å². The lowest BCUT2D eigenvalue weighted by Crippen LogP contribution is -2.14. The average molecular weight is 373 g/mol. The maximum atomic E-state index is 10.1. The Morgan fingerprint density at radius 2 is 1.57 bits per heavy atom. The van der Waals surface area contributed by atoms with Crippen molar-refractivity contribution in [1.29, 1.82) is 0 Å². The standard InChI is InChI=1S/C21H19N5O2/c1-21(2,27)15-10-8-13(9-11-15)16-12-23-18(22)17(24-16)20-26-25-19(28-20)14-6-4-3-5-7-14/h3-12,27H,1-2H3,(H2,22,23). The summed E-state index contributed by atoms with van der Waals surface area (Å²) < 4.78 is 5.75. The molecular weight excluding hydrogens is 354 g/mol. The fourth-order valence-corrected chi connectivity index (χ4v) is 2.76. The predicted octanol–water partition coefficient (Wildman–Crippen LogP) is 3.67. The summed E-state index contributed by atoms with van der Waals surface area (Å²) in [5, 5.41) is 18.3. The van der Waals surface area contributed by atoms with E-state index in [1.54, 1.807) is 20.0 Å². The topological polar surface area (TPSA) is 111 Å². The molecule has 0 saturated heterocycles. The highest BCUT2D eigenvalue weighted by Crippen LogP contribution is 2.28. The van der Waals surface area contributed by atoms with Crippen LogP contribution in [0.4, 0.5) is 5.82 Å². The maximum absolute atomic E-state index is 10.1. The van der Waals surface area contributed by atoms with Gasteiger partial charge < -0.3 is 15.3 Å². The molecule has 0 bridgehead atoms. The minimum absolute atomic E-state index is 0.207. The first-order valence-electron chi connectivity index (χ1n) is 8.77. The van der Waals surface area contributed by atoms with E-state index < -0.39 is 5.60 Å². The number of nitrogens with zero attached hydrogens (tertiary/aromatic N) is 4. The minimum atomic E-state index is -0.909. The van der Waals surface area contributed by atoms with Gasteiger partial charge in [0.2, 0.25) is 5.89 Å². The summed E-state index contributed by atoms with van der Waals surface area (Å²) in [7, 11) is 0. The molecule has 2 aromatic heterocycles. The Bertz CT molecular complexity index is 1100. The Morgan fingerprint density at radius 3 is 2.25 bits per heavy atom. The minimum Gasteiger partial charge on any atom is -0.414 e. The number of rotatable bonds is 4. The van der Waals surface area contributed by atoms with E-state index >= 15 is 0 Å². The van der Waals surface area contributed by atoms with Crippen molar-refractivity contribution in [3.05, 3.63) is 66.4 Å². The molecule has 0 amide bonds. The molecule has 4 aromatic rings. The Labute approximate surface area is 161 Å². The molecule has 0 unspecified atom stereocenters. The van der Waals surface area contributed by atoms with Gasteiger partial charge in [0.05, 0.1) is 17.5 Å². The summed E-state index contributed by atoms with van der Waals surface area (Å²) in [5.41, 5.74) is 8.49. The Balaban J connectivity index is 1.69. The first kappa shape index (κ1) is 17.8. The summed E-state index contributed by atoms with van der Waals surface area (Å²) in [6.45, 7) is 3.48. The molecule has 2 aromatic carbocycles. The van der Waals surface area contributed by atoms with E-state index in [1.165, 1.54) is 0 Å². The lowest BCUT2D eigenvalue weighted by atomic mass is 9.97. The van der Waals surface area contributed by atoms with Crippen LogP contribution in [0.15, 0.2) is 65.2 Å². The van der Waals surface area contributed by atoms with Gasteiger partial charge in [-0.2, -0.15) is 0 Å². The number of hydrogen-bond donors (Lipinski definition) is 2. The predicted molar refractivity (Wildman–Crippen MR) is 106 cm³/mol. The van der Waals surface area contributed by atoms with Gasteiger partial charge in [-0.05, 0) is 31.5 Å². The molecule has 4 rings (SSSR count). The molecule has 0 fully saturated rings. The molecule has 0 aliphatic rings. The molecule has 0 atom stereocenters. The fourth-order valence-electron chi connectivity index (χ4n) is 2.76. The summed E-state index contributed by atoms with van der Waals surface area (Å²) in [6.07, 6.45) is 1.59. The van der Waals surface area contributed by atoms with Gasteiger partial charge in [0.1, 0.15) is 0 Å². The Kier molecular flexibility index (Phi) is 4.37. The highest BCUT2D eigenvalue weighted by Gasteiger charge is 2.18. The number of nitrogen functional groups attached to an aromatic ring is 1. The number of benzene rings is 2.